The maximum Gasteiger partial charge on any atom is 0.407 e. The van der Waals surface area contributed by atoms with Gasteiger partial charge in [0.05, 0.1) is 22.6 Å². The lowest BCUT2D eigenvalue weighted by molar-refractivity contribution is 0.0251. The molecule has 182 valence electrons. The van der Waals surface area contributed by atoms with Gasteiger partial charge in [0.25, 0.3) is 0 Å². The van der Waals surface area contributed by atoms with E-state index in [0.717, 1.165) is 61.8 Å². The third-order valence-corrected chi connectivity index (χ3v) is 9.41. The molecule has 1 N–H and O–H groups in total. The van der Waals surface area contributed by atoms with E-state index in [1.165, 1.54) is 32.0 Å². The molecule has 2 fully saturated rings. The largest absolute Gasteiger partial charge is 0.465 e. The van der Waals surface area contributed by atoms with Gasteiger partial charge >= 0.3 is 6.09 Å². The molecule has 1 atom stereocenters. The van der Waals surface area contributed by atoms with Gasteiger partial charge in [-0.2, -0.15) is 0 Å². The first kappa shape index (κ1) is 22.5. The van der Waals surface area contributed by atoms with Gasteiger partial charge in [-0.1, -0.05) is 18.2 Å². The van der Waals surface area contributed by atoms with Crippen LogP contribution >= 0.6 is 11.3 Å². The third-order valence-electron chi connectivity index (χ3n) is 8.32. The van der Waals surface area contributed by atoms with Crippen LogP contribution in [0.1, 0.15) is 51.7 Å². The molecule has 0 saturated carbocycles. The molecule has 0 radical (unpaired) electrons. The van der Waals surface area contributed by atoms with Crippen LogP contribution in [0.25, 0.3) is 11.3 Å². The third kappa shape index (κ3) is 3.78. The lowest BCUT2D eigenvalue weighted by Crippen LogP contribution is -2.59. The number of likely N-dealkylation sites (tertiary alicyclic amines) is 1. The van der Waals surface area contributed by atoms with Crippen molar-refractivity contribution < 1.29 is 9.90 Å². The van der Waals surface area contributed by atoms with Gasteiger partial charge in [0.15, 0.2) is 0 Å². The number of aryl methyl sites for hydroxylation is 2. The highest BCUT2D eigenvalue weighted by atomic mass is 32.1. The van der Waals surface area contributed by atoms with Gasteiger partial charge in [-0.05, 0) is 57.6 Å². The van der Waals surface area contributed by atoms with Gasteiger partial charge in [0, 0.05) is 53.5 Å². The van der Waals surface area contributed by atoms with Crippen LogP contribution in [0, 0.1) is 26.2 Å². The van der Waals surface area contributed by atoms with Gasteiger partial charge < -0.3 is 14.9 Å². The number of hydrogen-bond donors (Lipinski definition) is 1. The Kier molecular flexibility index (Phi) is 5.32. The number of anilines is 1. The molecule has 0 bridgehead atoms. The lowest BCUT2D eigenvalue weighted by Gasteiger charge is -2.46. The second-order valence-corrected chi connectivity index (χ2v) is 11.5. The number of hydrogen-bond acceptors (Lipinski definition) is 6. The summed E-state index contributed by atoms with van der Waals surface area (Å²) < 4.78 is 0. The number of benzene rings is 1. The highest BCUT2D eigenvalue weighted by Gasteiger charge is 2.50. The number of aromatic nitrogens is 3. The smallest absolute Gasteiger partial charge is 0.407 e. The van der Waals surface area contributed by atoms with Gasteiger partial charge in [0.1, 0.15) is 0 Å². The van der Waals surface area contributed by atoms with Crippen molar-refractivity contribution in [3.8, 4) is 11.3 Å². The van der Waals surface area contributed by atoms with Crippen LogP contribution < -0.4 is 4.90 Å². The van der Waals surface area contributed by atoms with E-state index in [0.29, 0.717) is 19.0 Å². The Balaban J connectivity index is 1.38. The van der Waals surface area contributed by atoms with Crippen molar-refractivity contribution in [1.29, 1.82) is 0 Å². The van der Waals surface area contributed by atoms with Crippen LogP contribution in [0.4, 0.5) is 10.7 Å². The fraction of sp³-hybridized carbons (Fsp3) is 0.481. The van der Waals surface area contributed by atoms with Crippen molar-refractivity contribution in [2.45, 2.75) is 52.4 Å². The molecule has 3 aromatic rings. The van der Waals surface area contributed by atoms with E-state index in [9.17, 15) is 9.90 Å². The minimum absolute atomic E-state index is 0.0410. The summed E-state index contributed by atoms with van der Waals surface area (Å²) in [5.41, 5.74) is 10.4. The maximum atomic E-state index is 11.3. The molecule has 1 unspecified atom stereocenters. The monoisotopic (exact) mass is 489 g/mol. The van der Waals surface area contributed by atoms with Crippen LogP contribution in [0.5, 0.6) is 0 Å². The van der Waals surface area contributed by atoms with Gasteiger partial charge in [0.2, 0.25) is 5.95 Å². The number of nitrogens with zero attached hydrogens (tertiary/aromatic N) is 5. The first-order valence-electron chi connectivity index (χ1n) is 12.4. The summed E-state index contributed by atoms with van der Waals surface area (Å²) in [6.07, 6.45) is 3.14. The average molecular weight is 490 g/mol. The number of thiazole rings is 1. The van der Waals surface area contributed by atoms with Gasteiger partial charge in [-0.25, -0.2) is 19.7 Å². The summed E-state index contributed by atoms with van der Waals surface area (Å²) in [5.74, 6) is 1.25. The Morgan fingerprint density at radius 3 is 2.74 bits per heavy atom. The number of rotatable bonds is 3. The van der Waals surface area contributed by atoms with Crippen molar-refractivity contribution in [1.82, 2.24) is 19.9 Å². The topological polar surface area (TPSA) is 82.5 Å². The number of carbonyl (C=O) groups is 1. The predicted octanol–water partition coefficient (Wildman–Crippen LogP) is 4.99. The van der Waals surface area contributed by atoms with Crippen molar-refractivity contribution in [3.63, 3.8) is 0 Å². The van der Waals surface area contributed by atoms with E-state index in [1.54, 1.807) is 11.3 Å². The molecule has 1 aromatic carbocycles. The van der Waals surface area contributed by atoms with Crippen molar-refractivity contribution in [2.75, 3.05) is 31.1 Å². The molecular formula is C27H31N5O2S. The Morgan fingerprint density at radius 1 is 1.17 bits per heavy atom. The minimum Gasteiger partial charge on any atom is -0.465 e. The predicted molar refractivity (Wildman–Crippen MR) is 137 cm³/mol. The molecule has 7 nitrogen and oxygen atoms in total. The summed E-state index contributed by atoms with van der Waals surface area (Å²) in [4.78, 5) is 31.4. The number of amides is 1. The summed E-state index contributed by atoms with van der Waals surface area (Å²) in [7, 11) is 0. The van der Waals surface area contributed by atoms with Gasteiger partial charge in [-0.15, -0.1) is 11.3 Å². The highest BCUT2D eigenvalue weighted by Crippen LogP contribution is 2.43. The molecule has 6 rings (SSSR count). The maximum absolute atomic E-state index is 11.3. The molecule has 8 heteroatoms. The lowest BCUT2D eigenvalue weighted by atomic mass is 9.79. The van der Waals surface area contributed by atoms with Gasteiger partial charge in [-0.3, -0.25) is 0 Å². The first-order chi connectivity index (χ1) is 16.8. The van der Waals surface area contributed by atoms with Crippen molar-refractivity contribution in [2.24, 2.45) is 5.41 Å². The van der Waals surface area contributed by atoms with E-state index in [2.05, 4.69) is 48.9 Å². The van der Waals surface area contributed by atoms with Crippen molar-refractivity contribution in [3.05, 3.63) is 56.7 Å². The molecule has 1 aliphatic carbocycles. The van der Waals surface area contributed by atoms with Crippen LogP contribution in [0.2, 0.25) is 0 Å². The van der Waals surface area contributed by atoms with E-state index in [-0.39, 0.29) is 5.41 Å². The SMILES string of the molecule is Cc1cccc(-c2nc(N3CCC4(CN(C(=O)O)C4)C3)nc3c2CCC(c2scnc2C)C3)c1C. The first-order valence-corrected chi connectivity index (χ1v) is 13.3. The molecule has 2 aliphatic heterocycles. The highest BCUT2D eigenvalue weighted by molar-refractivity contribution is 7.09. The number of fused-ring (bicyclic) bond motifs is 1. The molecule has 35 heavy (non-hydrogen) atoms. The van der Waals surface area contributed by atoms with E-state index in [1.807, 2.05) is 5.51 Å². The van der Waals surface area contributed by atoms with E-state index < -0.39 is 6.09 Å². The van der Waals surface area contributed by atoms with E-state index >= 15 is 0 Å². The molecule has 4 heterocycles. The zero-order chi connectivity index (χ0) is 24.3. The zero-order valence-corrected chi connectivity index (χ0v) is 21.4. The minimum atomic E-state index is -0.819. The summed E-state index contributed by atoms with van der Waals surface area (Å²) in [5, 5.41) is 9.31. The average Bonchev–Trinajstić information content (AvgIpc) is 3.46. The van der Waals surface area contributed by atoms with E-state index in [4.69, 9.17) is 9.97 Å². The summed E-state index contributed by atoms with van der Waals surface area (Å²) >= 11 is 1.76. The molecule has 1 amide bonds. The summed E-state index contributed by atoms with van der Waals surface area (Å²) in [6, 6.07) is 6.47. The zero-order valence-electron chi connectivity index (χ0n) is 20.5. The second kappa shape index (κ2) is 8.29. The van der Waals surface area contributed by atoms with Crippen LogP contribution in [-0.4, -0.2) is 57.2 Å². The molecule has 2 aromatic heterocycles. The molecular weight excluding hydrogens is 458 g/mol. The normalized spacial score (nSPS) is 20.7. The Labute approximate surface area is 209 Å². The van der Waals surface area contributed by atoms with Crippen LogP contribution in [0.3, 0.4) is 0 Å². The summed E-state index contributed by atoms with van der Waals surface area (Å²) in [6.45, 7) is 9.36. The van der Waals surface area contributed by atoms with Crippen LogP contribution in [-0.2, 0) is 12.8 Å². The molecule has 3 aliphatic rings. The Morgan fingerprint density at radius 2 is 2.00 bits per heavy atom. The fourth-order valence-electron chi connectivity index (χ4n) is 6.16. The Bertz CT molecular complexity index is 1310. The molecule has 1 spiro atoms. The van der Waals surface area contributed by atoms with Crippen molar-refractivity contribution >= 4 is 23.4 Å². The standard InChI is InChI=1S/C27H31N5O2S/c1-16-5-4-6-20(17(16)2)23-21-8-7-19(24-18(3)28-15-35-24)11-22(21)29-25(30-23)31-10-9-27(12-31)13-32(14-27)26(33)34/h4-6,15,19H,7-14H2,1-3H3,(H,33,34). The van der Waals surface area contributed by atoms with Crippen LogP contribution in [0.15, 0.2) is 23.7 Å². The fourth-order valence-corrected chi connectivity index (χ4v) is 7.11. The number of carboxylic acid groups (broad SMARTS) is 1. The molecule has 2 saturated heterocycles. The second-order valence-electron chi connectivity index (χ2n) is 10.6. The quantitative estimate of drug-likeness (QED) is 0.558. The Hall–Kier alpha value is -3.00.